The molecule has 8 heteroatoms. The molecule has 0 amide bonds. The van der Waals surface area contributed by atoms with E-state index in [-0.39, 0.29) is 10.5 Å². The smallest absolute Gasteiger partial charge is 0.176 e. The second-order valence-electron chi connectivity index (χ2n) is 10.7. The molecule has 0 bridgehead atoms. The van der Waals surface area contributed by atoms with E-state index in [0.717, 1.165) is 30.7 Å². The standard InChI is InChI=1S/C31H34FNO5S/c1-19-14-15-33(17-19)20(2)18-37-24-10-8-22(9-11-24)31-28(23-6-5-7-25(16-23)39(4,35)36)21(3)29-27(38-31)13-12-26(34)30(29)32/h5-13,16,19-20,31,34H,14-15,17-18H2,1-4H3. The van der Waals surface area contributed by atoms with E-state index in [1.807, 2.05) is 24.3 Å². The van der Waals surface area contributed by atoms with Gasteiger partial charge in [0.25, 0.3) is 0 Å². The van der Waals surface area contributed by atoms with Gasteiger partial charge in [-0.2, -0.15) is 0 Å². The molecule has 39 heavy (non-hydrogen) atoms. The molecule has 0 spiro atoms. The number of halogens is 1. The molecule has 0 saturated carbocycles. The number of nitrogens with zero attached hydrogens (tertiary/aromatic N) is 1. The molecule has 5 rings (SSSR count). The van der Waals surface area contributed by atoms with E-state index in [1.165, 1.54) is 18.6 Å². The first-order valence-electron chi connectivity index (χ1n) is 13.2. The molecule has 1 N–H and O–H groups in total. The van der Waals surface area contributed by atoms with Gasteiger partial charge in [0, 0.05) is 24.4 Å². The monoisotopic (exact) mass is 551 g/mol. The summed E-state index contributed by atoms with van der Waals surface area (Å²) in [7, 11) is -3.46. The van der Waals surface area contributed by atoms with Gasteiger partial charge < -0.3 is 14.6 Å². The normalized spacial score (nSPS) is 20.4. The highest BCUT2D eigenvalue weighted by Crippen LogP contribution is 2.48. The Morgan fingerprint density at radius 2 is 1.90 bits per heavy atom. The van der Waals surface area contributed by atoms with Gasteiger partial charge in [0.1, 0.15) is 24.2 Å². The first kappa shape index (κ1) is 27.2. The number of phenolic OH excluding ortho intramolecular Hbond substituents is 1. The van der Waals surface area contributed by atoms with Crippen molar-refractivity contribution in [2.24, 2.45) is 5.92 Å². The second-order valence-corrected chi connectivity index (χ2v) is 12.7. The Balaban J connectivity index is 1.48. The van der Waals surface area contributed by atoms with Gasteiger partial charge >= 0.3 is 0 Å². The molecule has 206 valence electrons. The van der Waals surface area contributed by atoms with Crippen molar-refractivity contribution in [3.63, 3.8) is 0 Å². The van der Waals surface area contributed by atoms with Crippen molar-refractivity contribution in [1.82, 2.24) is 4.90 Å². The molecular formula is C31H34FNO5S. The van der Waals surface area contributed by atoms with Crippen molar-refractivity contribution in [2.75, 3.05) is 26.0 Å². The molecule has 3 aromatic carbocycles. The molecule has 2 aliphatic rings. The topological polar surface area (TPSA) is 76.1 Å². The Morgan fingerprint density at radius 3 is 2.56 bits per heavy atom. The third-order valence-corrected chi connectivity index (χ3v) is 8.81. The Bertz CT molecular complexity index is 1520. The van der Waals surface area contributed by atoms with Gasteiger partial charge in [0.15, 0.2) is 21.4 Å². The van der Waals surface area contributed by atoms with Crippen LogP contribution >= 0.6 is 0 Å². The van der Waals surface area contributed by atoms with Gasteiger partial charge in [-0.3, -0.25) is 4.90 Å². The average Bonchev–Trinajstić information content (AvgIpc) is 3.35. The molecule has 0 aliphatic carbocycles. The van der Waals surface area contributed by atoms with E-state index in [2.05, 4.69) is 18.7 Å². The molecule has 0 aromatic heterocycles. The Morgan fingerprint density at radius 1 is 1.15 bits per heavy atom. The van der Waals surface area contributed by atoms with Crippen molar-refractivity contribution in [2.45, 2.75) is 44.2 Å². The number of likely N-dealkylation sites (tertiary alicyclic amines) is 1. The first-order chi connectivity index (χ1) is 18.5. The number of hydrogen-bond acceptors (Lipinski definition) is 6. The summed E-state index contributed by atoms with van der Waals surface area (Å²) in [6, 6.07) is 17.3. The van der Waals surface area contributed by atoms with Crippen LogP contribution in [0.1, 0.15) is 50.0 Å². The number of fused-ring (bicyclic) bond motifs is 1. The minimum Gasteiger partial charge on any atom is -0.505 e. The van der Waals surface area contributed by atoms with Crippen LogP contribution in [0.2, 0.25) is 0 Å². The van der Waals surface area contributed by atoms with Crippen LogP contribution in [0.3, 0.4) is 0 Å². The maximum absolute atomic E-state index is 15.1. The predicted octanol–water partition coefficient (Wildman–Crippen LogP) is 6.11. The SMILES string of the molecule is CC1=C(c2cccc(S(C)(=O)=O)c2)C(c2ccc(OCC(C)N3CCC(C)C3)cc2)Oc2ccc(O)c(F)c21. The molecule has 3 unspecified atom stereocenters. The van der Waals surface area contributed by atoms with E-state index in [1.54, 1.807) is 31.2 Å². The fraction of sp³-hybridized carbons (Fsp3) is 0.355. The zero-order valence-corrected chi connectivity index (χ0v) is 23.5. The van der Waals surface area contributed by atoms with E-state index in [9.17, 15) is 13.5 Å². The van der Waals surface area contributed by atoms with Crippen LogP contribution in [0, 0.1) is 11.7 Å². The highest BCUT2D eigenvalue weighted by molar-refractivity contribution is 7.90. The largest absolute Gasteiger partial charge is 0.505 e. The van der Waals surface area contributed by atoms with Crippen LogP contribution in [0.5, 0.6) is 17.2 Å². The molecule has 1 fully saturated rings. The number of aromatic hydroxyl groups is 1. The van der Waals surface area contributed by atoms with Gasteiger partial charge in [0.2, 0.25) is 0 Å². The van der Waals surface area contributed by atoms with Crippen LogP contribution in [0.4, 0.5) is 4.39 Å². The summed E-state index contributed by atoms with van der Waals surface area (Å²) in [5.41, 5.74) is 2.76. The van der Waals surface area contributed by atoms with E-state index < -0.39 is 27.5 Å². The lowest BCUT2D eigenvalue weighted by molar-refractivity contribution is 0.169. The summed E-state index contributed by atoms with van der Waals surface area (Å²) in [6.45, 7) is 9.00. The summed E-state index contributed by atoms with van der Waals surface area (Å²) >= 11 is 0. The molecule has 1 saturated heterocycles. The zero-order chi connectivity index (χ0) is 27.9. The number of benzene rings is 3. The van der Waals surface area contributed by atoms with Gasteiger partial charge in [-0.25, -0.2) is 12.8 Å². The average molecular weight is 552 g/mol. The Labute approximate surface area is 229 Å². The van der Waals surface area contributed by atoms with E-state index >= 15 is 4.39 Å². The fourth-order valence-corrected chi connectivity index (χ4v) is 6.11. The van der Waals surface area contributed by atoms with E-state index in [0.29, 0.717) is 41.0 Å². The van der Waals surface area contributed by atoms with Crippen molar-refractivity contribution in [1.29, 1.82) is 0 Å². The van der Waals surface area contributed by atoms with Crippen LogP contribution in [-0.2, 0) is 9.84 Å². The molecule has 3 aromatic rings. The molecule has 6 nitrogen and oxygen atoms in total. The van der Waals surface area contributed by atoms with Gasteiger partial charge in [-0.1, -0.05) is 31.2 Å². The van der Waals surface area contributed by atoms with Crippen molar-refractivity contribution in [3.8, 4) is 17.2 Å². The van der Waals surface area contributed by atoms with E-state index in [4.69, 9.17) is 9.47 Å². The lowest BCUT2D eigenvalue weighted by Crippen LogP contribution is -2.35. The number of allylic oxidation sites excluding steroid dienone is 1. The van der Waals surface area contributed by atoms with Gasteiger partial charge in [0.05, 0.1) is 10.5 Å². The summed E-state index contributed by atoms with van der Waals surface area (Å²) in [6.07, 6.45) is 1.74. The number of sulfone groups is 1. The summed E-state index contributed by atoms with van der Waals surface area (Å²) in [5, 5.41) is 10.0. The highest BCUT2D eigenvalue weighted by Gasteiger charge is 2.32. The van der Waals surface area contributed by atoms with Crippen molar-refractivity contribution < 1.29 is 27.4 Å². The number of phenols is 1. The summed E-state index contributed by atoms with van der Waals surface area (Å²) < 4.78 is 52.1. The number of ether oxygens (including phenoxy) is 2. The van der Waals surface area contributed by atoms with Crippen LogP contribution < -0.4 is 9.47 Å². The molecule has 2 aliphatic heterocycles. The third-order valence-electron chi connectivity index (χ3n) is 7.70. The maximum atomic E-state index is 15.1. The Hall–Kier alpha value is -3.36. The quantitative estimate of drug-likeness (QED) is 0.382. The minimum absolute atomic E-state index is 0.159. The molecule has 3 atom stereocenters. The highest BCUT2D eigenvalue weighted by atomic mass is 32.2. The molecule has 0 radical (unpaired) electrons. The summed E-state index contributed by atoms with van der Waals surface area (Å²) in [4.78, 5) is 2.61. The van der Waals surface area contributed by atoms with Gasteiger partial charge in [-0.05, 0) is 85.8 Å². The predicted molar refractivity (Wildman–Crippen MR) is 150 cm³/mol. The second kappa shape index (κ2) is 10.7. The zero-order valence-electron chi connectivity index (χ0n) is 22.6. The minimum atomic E-state index is -3.46. The van der Waals surface area contributed by atoms with Crippen LogP contribution in [-0.4, -0.2) is 50.4 Å². The van der Waals surface area contributed by atoms with Crippen LogP contribution in [0.15, 0.2) is 65.6 Å². The number of rotatable bonds is 7. The first-order valence-corrected chi connectivity index (χ1v) is 15.1. The van der Waals surface area contributed by atoms with Gasteiger partial charge in [-0.15, -0.1) is 0 Å². The van der Waals surface area contributed by atoms with Crippen molar-refractivity contribution in [3.05, 3.63) is 83.2 Å². The lowest BCUT2D eigenvalue weighted by atomic mass is 9.86. The lowest BCUT2D eigenvalue weighted by Gasteiger charge is -2.31. The molecular weight excluding hydrogens is 517 g/mol. The summed E-state index contributed by atoms with van der Waals surface area (Å²) in [5.74, 6) is 0.522. The Kier molecular flexibility index (Phi) is 7.44. The number of hydrogen-bond donors (Lipinski definition) is 1. The molecule has 2 heterocycles. The maximum Gasteiger partial charge on any atom is 0.176 e. The van der Waals surface area contributed by atoms with Crippen LogP contribution in [0.25, 0.3) is 11.1 Å². The fourth-order valence-electron chi connectivity index (χ4n) is 5.44. The van der Waals surface area contributed by atoms with Crippen molar-refractivity contribution >= 4 is 21.0 Å². The third kappa shape index (κ3) is 5.54.